The standard InChI is InChI=1S/C14H21NO2/c1-3-12(15-2)6-4-11-5-7-13-14(10-11)17-9-8-16-13/h5,7,10,12,15H,3-4,6,8-9H2,1-2H3. The van der Waals surface area contributed by atoms with Crippen LogP contribution in [-0.4, -0.2) is 26.3 Å². The summed E-state index contributed by atoms with van der Waals surface area (Å²) in [5.74, 6) is 1.77. The van der Waals surface area contributed by atoms with Gasteiger partial charge >= 0.3 is 0 Å². The van der Waals surface area contributed by atoms with Crippen LogP contribution in [0.5, 0.6) is 11.5 Å². The van der Waals surface area contributed by atoms with Gasteiger partial charge in [-0.15, -0.1) is 0 Å². The van der Waals surface area contributed by atoms with Crippen LogP contribution in [0, 0.1) is 0 Å². The van der Waals surface area contributed by atoms with Crippen molar-refractivity contribution in [2.45, 2.75) is 32.2 Å². The summed E-state index contributed by atoms with van der Waals surface area (Å²) in [6.07, 6.45) is 3.41. The van der Waals surface area contributed by atoms with Crippen molar-refractivity contribution in [2.24, 2.45) is 0 Å². The minimum atomic E-state index is 0.600. The summed E-state index contributed by atoms with van der Waals surface area (Å²) < 4.78 is 11.1. The Morgan fingerprint density at radius 1 is 1.24 bits per heavy atom. The zero-order chi connectivity index (χ0) is 12.1. The first kappa shape index (κ1) is 12.2. The number of ether oxygens (including phenoxy) is 2. The molecule has 3 nitrogen and oxygen atoms in total. The normalized spacial score (nSPS) is 15.6. The molecule has 1 unspecified atom stereocenters. The van der Waals surface area contributed by atoms with Crippen molar-refractivity contribution in [3.63, 3.8) is 0 Å². The van der Waals surface area contributed by atoms with E-state index in [0.29, 0.717) is 19.3 Å². The summed E-state index contributed by atoms with van der Waals surface area (Å²) in [7, 11) is 2.03. The van der Waals surface area contributed by atoms with Gasteiger partial charge in [0.15, 0.2) is 11.5 Å². The molecule has 2 rings (SSSR count). The number of hydrogen-bond acceptors (Lipinski definition) is 3. The van der Waals surface area contributed by atoms with Crippen LogP contribution in [0.4, 0.5) is 0 Å². The fourth-order valence-electron chi connectivity index (χ4n) is 2.14. The summed E-state index contributed by atoms with van der Waals surface area (Å²) in [6, 6.07) is 6.86. The Labute approximate surface area is 103 Å². The van der Waals surface area contributed by atoms with E-state index >= 15 is 0 Å². The van der Waals surface area contributed by atoms with Crippen LogP contribution in [0.1, 0.15) is 25.3 Å². The molecule has 0 aliphatic carbocycles. The molecule has 3 heteroatoms. The third kappa shape index (κ3) is 3.13. The average Bonchev–Trinajstić information content (AvgIpc) is 2.40. The van der Waals surface area contributed by atoms with Gasteiger partial charge in [0, 0.05) is 6.04 Å². The minimum absolute atomic E-state index is 0.600. The topological polar surface area (TPSA) is 30.5 Å². The maximum atomic E-state index is 5.58. The summed E-state index contributed by atoms with van der Waals surface area (Å²) in [5.41, 5.74) is 1.32. The fourth-order valence-corrected chi connectivity index (χ4v) is 2.14. The highest BCUT2D eigenvalue weighted by atomic mass is 16.6. The fraction of sp³-hybridized carbons (Fsp3) is 0.571. The molecule has 0 saturated carbocycles. The molecule has 0 amide bonds. The second-order valence-electron chi connectivity index (χ2n) is 4.41. The summed E-state index contributed by atoms with van der Waals surface area (Å²) in [5, 5.41) is 3.33. The number of aryl methyl sites for hydroxylation is 1. The Morgan fingerprint density at radius 3 is 2.71 bits per heavy atom. The molecular weight excluding hydrogens is 214 g/mol. The lowest BCUT2D eigenvalue weighted by Crippen LogP contribution is -2.24. The van der Waals surface area contributed by atoms with Gasteiger partial charge in [-0.25, -0.2) is 0 Å². The van der Waals surface area contributed by atoms with E-state index in [-0.39, 0.29) is 0 Å². The number of hydrogen-bond donors (Lipinski definition) is 1. The predicted octanol–water partition coefficient (Wildman–Crippen LogP) is 2.39. The molecule has 0 radical (unpaired) electrons. The summed E-state index contributed by atoms with van der Waals surface area (Å²) in [6.45, 7) is 3.53. The van der Waals surface area contributed by atoms with Crippen LogP contribution in [-0.2, 0) is 6.42 Å². The molecule has 0 spiro atoms. The molecule has 1 heterocycles. The first-order chi connectivity index (χ1) is 8.33. The van der Waals surface area contributed by atoms with Crippen molar-refractivity contribution >= 4 is 0 Å². The molecule has 1 atom stereocenters. The van der Waals surface area contributed by atoms with Crippen LogP contribution < -0.4 is 14.8 Å². The number of rotatable bonds is 5. The smallest absolute Gasteiger partial charge is 0.161 e. The molecule has 1 aliphatic rings. The van der Waals surface area contributed by atoms with Crippen LogP contribution in [0.2, 0.25) is 0 Å². The lowest BCUT2D eigenvalue weighted by molar-refractivity contribution is 0.171. The van der Waals surface area contributed by atoms with E-state index in [9.17, 15) is 0 Å². The van der Waals surface area contributed by atoms with Crippen LogP contribution in [0.25, 0.3) is 0 Å². The lowest BCUT2D eigenvalue weighted by Gasteiger charge is -2.19. The van der Waals surface area contributed by atoms with Gasteiger partial charge in [-0.3, -0.25) is 0 Å². The average molecular weight is 235 g/mol. The molecule has 17 heavy (non-hydrogen) atoms. The van der Waals surface area contributed by atoms with E-state index in [1.165, 1.54) is 12.0 Å². The lowest BCUT2D eigenvalue weighted by atomic mass is 10.0. The monoisotopic (exact) mass is 235 g/mol. The quantitative estimate of drug-likeness (QED) is 0.850. The second-order valence-corrected chi connectivity index (χ2v) is 4.41. The van der Waals surface area contributed by atoms with Gasteiger partial charge in [0.25, 0.3) is 0 Å². The van der Waals surface area contributed by atoms with E-state index < -0.39 is 0 Å². The molecule has 0 bridgehead atoms. The molecule has 1 N–H and O–H groups in total. The van der Waals surface area contributed by atoms with Gasteiger partial charge in [0.1, 0.15) is 13.2 Å². The van der Waals surface area contributed by atoms with E-state index in [1.54, 1.807) is 0 Å². The highest BCUT2D eigenvalue weighted by Gasteiger charge is 2.12. The molecule has 0 saturated heterocycles. The molecule has 0 fully saturated rings. The number of fused-ring (bicyclic) bond motifs is 1. The van der Waals surface area contributed by atoms with Crippen molar-refractivity contribution in [1.29, 1.82) is 0 Å². The van der Waals surface area contributed by atoms with Crippen LogP contribution >= 0.6 is 0 Å². The molecule has 1 aliphatic heterocycles. The molecule has 0 aromatic heterocycles. The summed E-state index contributed by atoms with van der Waals surface area (Å²) in [4.78, 5) is 0. The minimum Gasteiger partial charge on any atom is -0.486 e. The number of nitrogens with one attached hydrogen (secondary N) is 1. The largest absolute Gasteiger partial charge is 0.486 e. The van der Waals surface area contributed by atoms with Gasteiger partial charge in [0.05, 0.1) is 0 Å². The second kappa shape index (κ2) is 5.92. The first-order valence-electron chi connectivity index (χ1n) is 6.39. The van der Waals surface area contributed by atoms with Crippen molar-refractivity contribution < 1.29 is 9.47 Å². The molecule has 94 valence electrons. The molecule has 1 aromatic carbocycles. The van der Waals surface area contributed by atoms with Crippen molar-refractivity contribution in [3.8, 4) is 11.5 Å². The number of benzene rings is 1. The zero-order valence-corrected chi connectivity index (χ0v) is 10.7. The zero-order valence-electron chi connectivity index (χ0n) is 10.7. The molecule has 1 aromatic rings. The maximum absolute atomic E-state index is 5.58. The van der Waals surface area contributed by atoms with Gasteiger partial charge in [-0.2, -0.15) is 0 Å². The highest BCUT2D eigenvalue weighted by Crippen LogP contribution is 2.31. The van der Waals surface area contributed by atoms with Gasteiger partial charge in [-0.1, -0.05) is 13.0 Å². The maximum Gasteiger partial charge on any atom is 0.161 e. The van der Waals surface area contributed by atoms with Gasteiger partial charge in [0.2, 0.25) is 0 Å². The van der Waals surface area contributed by atoms with Crippen molar-refractivity contribution in [3.05, 3.63) is 23.8 Å². The van der Waals surface area contributed by atoms with Gasteiger partial charge < -0.3 is 14.8 Å². The van der Waals surface area contributed by atoms with E-state index in [2.05, 4.69) is 24.4 Å². The SMILES string of the molecule is CCC(CCc1ccc2c(c1)OCCO2)NC. The van der Waals surface area contributed by atoms with Crippen molar-refractivity contribution in [2.75, 3.05) is 20.3 Å². The van der Waals surface area contributed by atoms with E-state index in [1.807, 2.05) is 13.1 Å². The van der Waals surface area contributed by atoms with Gasteiger partial charge in [-0.05, 0) is 44.0 Å². The van der Waals surface area contributed by atoms with Crippen molar-refractivity contribution in [1.82, 2.24) is 5.32 Å². The molecular formula is C14H21NO2. The third-order valence-corrected chi connectivity index (χ3v) is 3.29. The predicted molar refractivity (Wildman–Crippen MR) is 68.9 cm³/mol. The Bertz CT molecular complexity index is 361. The van der Waals surface area contributed by atoms with Crippen LogP contribution in [0.15, 0.2) is 18.2 Å². The van der Waals surface area contributed by atoms with E-state index in [4.69, 9.17) is 9.47 Å². The Hall–Kier alpha value is -1.22. The Kier molecular flexibility index (Phi) is 4.26. The van der Waals surface area contributed by atoms with E-state index in [0.717, 1.165) is 24.3 Å². The third-order valence-electron chi connectivity index (χ3n) is 3.29. The highest BCUT2D eigenvalue weighted by molar-refractivity contribution is 5.43. The summed E-state index contributed by atoms with van der Waals surface area (Å²) >= 11 is 0. The Morgan fingerprint density at radius 2 is 2.00 bits per heavy atom. The first-order valence-corrected chi connectivity index (χ1v) is 6.39. The Balaban J connectivity index is 1.97. The van der Waals surface area contributed by atoms with Crippen LogP contribution in [0.3, 0.4) is 0 Å².